The normalized spacial score (nSPS) is 11.2. The highest BCUT2D eigenvalue weighted by Crippen LogP contribution is 2.35. The second-order valence-corrected chi connectivity index (χ2v) is 6.51. The molecule has 0 amide bonds. The van der Waals surface area contributed by atoms with E-state index in [0.717, 1.165) is 22.3 Å². The molecule has 2 nitrogen and oxygen atoms in total. The molecule has 2 heteroatoms. The molecule has 5 rings (SSSR count). The Morgan fingerprint density at radius 3 is 2.00 bits per heavy atom. The molecule has 4 aromatic carbocycles. The third-order valence-electron chi connectivity index (χ3n) is 4.96. The zero-order chi connectivity index (χ0) is 17.5. The Labute approximate surface area is 152 Å². The molecule has 0 saturated carbocycles. The Bertz CT molecular complexity index is 1220. The number of nitrogen functional groups attached to an aromatic ring is 1. The summed E-state index contributed by atoms with van der Waals surface area (Å²) in [6.07, 6.45) is 0. The zero-order valence-electron chi connectivity index (χ0n) is 14.3. The molecule has 0 aliphatic carbocycles. The number of hydrogen-bond donors (Lipinski definition) is 1. The van der Waals surface area contributed by atoms with Gasteiger partial charge in [0.05, 0.1) is 11.0 Å². The highest BCUT2D eigenvalue weighted by Gasteiger charge is 2.13. The van der Waals surface area contributed by atoms with Gasteiger partial charge in [0.2, 0.25) is 0 Å². The zero-order valence-corrected chi connectivity index (χ0v) is 14.3. The van der Waals surface area contributed by atoms with Crippen molar-refractivity contribution in [3.63, 3.8) is 0 Å². The standard InChI is InChI=1S/C24H18N2/c25-21-10-6-12-23-24(21)20-9-4-5-11-22(20)26(23)19-15-13-18(14-16-19)17-7-2-1-3-8-17/h1-16H,25H2. The fourth-order valence-corrected chi connectivity index (χ4v) is 3.76. The van der Waals surface area contributed by atoms with Crippen LogP contribution in [0.25, 0.3) is 38.6 Å². The van der Waals surface area contributed by atoms with Crippen molar-refractivity contribution < 1.29 is 0 Å². The van der Waals surface area contributed by atoms with Crippen LogP contribution >= 0.6 is 0 Å². The smallest absolute Gasteiger partial charge is 0.0561 e. The molecule has 0 unspecified atom stereocenters. The van der Waals surface area contributed by atoms with E-state index in [1.807, 2.05) is 18.2 Å². The fourth-order valence-electron chi connectivity index (χ4n) is 3.76. The van der Waals surface area contributed by atoms with Crippen molar-refractivity contribution in [3.05, 3.63) is 97.1 Å². The van der Waals surface area contributed by atoms with Gasteiger partial charge in [-0.25, -0.2) is 0 Å². The van der Waals surface area contributed by atoms with Crippen LogP contribution in [0.2, 0.25) is 0 Å². The van der Waals surface area contributed by atoms with Gasteiger partial charge in [0.15, 0.2) is 0 Å². The number of nitrogens with two attached hydrogens (primary N) is 1. The minimum absolute atomic E-state index is 0.818. The predicted molar refractivity (Wildman–Crippen MR) is 111 cm³/mol. The average molecular weight is 334 g/mol. The van der Waals surface area contributed by atoms with Crippen molar-refractivity contribution in [1.29, 1.82) is 0 Å². The number of nitrogens with zero attached hydrogens (tertiary/aromatic N) is 1. The van der Waals surface area contributed by atoms with Crippen LogP contribution in [-0.2, 0) is 0 Å². The van der Waals surface area contributed by atoms with Crippen LogP contribution in [0.4, 0.5) is 5.69 Å². The first kappa shape index (κ1) is 14.8. The molecule has 0 saturated heterocycles. The van der Waals surface area contributed by atoms with Gasteiger partial charge >= 0.3 is 0 Å². The maximum Gasteiger partial charge on any atom is 0.0561 e. The fraction of sp³-hybridized carbons (Fsp3) is 0. The van der Waals surface area contributed by atoms with Crippen molar-refractivity contribution >= 4 is 27.5 Å². The molecule has 0 fully saturated rings. The minimum atomic E-state index is 0.818. The largest absolute Gasteiger partial charge is 0.398 e. The first-order valence-electron chi connectivity index (χ1n) is 8.76. The molecule has 26 heavy (non-hydrogen) atoms. The lowest BCUT2D eigenvalue weighted by Gasteiger charge is -2.09. The van der Waals surface area contributed by atoms with E-state index in [9.17, 15) is 0 Å². The summed E-state index contributed by atoms with van der Waals surface area (Å²) in [6.45, 7) is 0. The van der Waals surface area contributed by atoms with Gasteiger partial charge in [-0.15, -0.1) is 0 Å². The minimum Gasteiger partial charge on any atom is -0.398 e. The van der Waals surface area contributed by atoms with E-state index in [2.05, 4.69) is 83.4 Å². The highest BCUT2D eigenvalue weighted by molar-refractivity contribution is 6.14. The molecule has 0 aliphatic heterocycles. The van der Waals surface area contributed by atoms with Crippen LogP contribution < -0.4 is 5.73 Å². The van der Waals surface area contributed by atoms with Gasteiger partial charge in [-0.3, -0.25) is 0 Å². The van der Waals surface area contributed by atoms with E-state index >= 15 is 0 Å². The van der Waals surface area contributed by atoms with E-state index < -0.39 is 0 Å². The van der Waals surface area contributed by atoms with Crippen molar-refractivity contribution in [2.75, 3.05) is 5.73 Å². The molecule has 0 atom stereocenters. The van der Waals surface area contributed by atoms with Crippen LogP contribution in [0.5, 0.6) is 0 Å². The summed E-state index contributed by atoms with van der Waals surface area (Å²) in [7, 11) is 0. The second kappa shape index (κ2) is 5.78. The molecule has 0 bridgehead atoms. The summed E-state index contributed by atoms with van der Waals surface area (Å²) in [4.78, 5) is 0. The van der Waals surface area contributed by atoms with Crippen LogP contribution in [0.3, 0.4) is 0 Å². The number of para-hydroxylation sites is 1. The third kappa shape index (κ3) is 2.20. The number of rotatable bonds is 2. The molecule has 124 valence electrons. The first-order chi connectivity index (χ1) is 12.8. The van der Waals surface area contributed by atoms with Crippen molar-refractivity contribution in [2.24, 2.45) is 0 Å². The molecule has 0 aliphatic rings. The lowest BCUT2D eigenvalue weighted by atomic mass is 10.1. The quantitative estimate of drug-likeness (QED) is 0.392. The van der Waals surface area contributed by atoms with Gasteiger partial charge in [-0.2, -0.15) is 0 Å². The average Bonchev–Trinajstić information content (AvgIpc) is 3.04. The van der Waals surface area contributed by atoms with Crippen LogP contribution in [0, 0.1) is 0 Å². The van der Waals surface area contributed by atoms with E-state index in [0.29, 0.717) is 0 Å². The van der Waals surface area contributed by atoms with Gasteiger partial charge in [-0.1, -0.05) is 66.7 Å². The Morgan fingerprint density at radius 1 is 0.538 bits per heavy atom. The summed E-state index contributed by atoms with van der Waals surface area (Å²) < 4.78 is 2.29. The van der Waals surface area contributed by atoms with E-state index in [-0.39, 0.29) is 0 Å². The van der Waals surface area contributed by atoms with Crippen LogP contribution in [-0.4, -0.2) is 4.57 Å². The SMILES string of the molecule is Nc1cccc2c1c1ccccc1n2-c1ccc(-c2ccccc2)cc1. The maximum atomic E-state index is 6.30. The van der Waals surface area contributed by atoms with Crippen molar-refractivity contribution in [2.45, 2.75) is 0 Å². The van der Waals surface area contributed by atoms with Crippen molar-refractivity contribution in [3.8, 4) is 16.8 Å². The van der Waals surface area contributed by atoms with Crippen LogP contribution in [0.15, 0.2) is 97.1 Å². The summed E-state index contributed by atoms with van der Waals surface area (Å²) in [5.74, 6) is 0. The molecule has 1 heterocycles. The molecule has 2 N–H and O–H groups in total. The second-order valence-electron chi connectivity index (χ2n) is 6.51. The molecular formula is C24H18N2. The molecule has 1 aromatic heterocycles. The van der Waals surface area contributed by atoms with E-state index in [1.165, 1.54) is 22.0 Å². The Hall–Kier alpha value is -3.52. The number of fused-ring (bicyclic) bond motifs is 3. The maximum absolute atomic E-state index is 6.30. The van der Waals surface area contributed by atoms with Crippen LogP contribution in [0.1, 0.15) is 0 Å². The predicted octanol–water partition coefficient (Wildman–Crippen LogP) is 6.03. The Morgan fingerprint density at radius 2 is 1.19 bits per heavy atom. The number of aromatic nitrogens is 1. The number of hydrogen-bond acceptors (Lipinski definition) is 1. The first-order valence-corrected chi connectivity index (χ1v) is 8.76. The van der Waals surface area contributed by atoms with Gasteiger partial charge in [0.25, 0.3) is 0 Å². The van der Waals surface area contributed by atoms with Gasteiger partial charge in [0.1, 0.15) is 0 Å². The molecule has 5 aromatic rings. The Balaban J connectivity index is 1.75. The summed E-state index contributed by atoms with van der Waals surface area (Å²) >= 11 is 0. The van der Waals surface area contributed by atoms with Gasteiger partial charge < -0.3 is 10.3 Å². The number of anilines is 1. The van der Waals surface area contributed by atoms with E-state index in [1.54, 1.807) is 0 Å². The van der Waals surface area contributed by atoms with E-state index in [4.69, 9.17) is 5.73 Å². The third-order valence-corrected chi connectivity index (χ3v) is 4.96. The highest BCUT2D eigenvalue weighted by atomic mass is 15.0. The lowest BCUT2D eigenvalue weighted by Crippen LogP contribution is -1.94. The molecule has 0 spiro atoms. The summed E-state index contributed by atoms with van der Waals surface area (Å²) in [6, 6.07) is 33.7. The lowest BCUT2D eigenvalue weighted by molar-refractivity contribution is 1.18. The number of benzene rings is 4. The van der Waals surface area contributed by atoms with Gasteiger partial charge in [-0.05, 0) is 41.5 Å². The van der Waals surface area contributed by atoms with Gasteiger partial charge in [0, 0.05) is 22.1 Å². The topological polar surface area (TPSA) is 30.9 Å². The molecular weight excluding hydrogens is 316 g/mol. The molecule has 0 radical (unpaired) electrons. The summed E-state index contributed by atoms with van der Waals surface area (Å²) in [5, 5.41) is 2.31. The summed E-state index contributed by atoms with van der Waals surface area (Å²) in [5.41, 5.74) is 13.0. The van der Waals surface area contributed by atoms with Crippen molar-refractivity contribution in [1.82, 2.24) is 4.57 Å². The Kier molecular flexibility index (Phi) is 3.29. The monoisotopic (exact) mass is 334 g/mol.